The average Bonchev–Trinajstić information content (AvgIpc) is 2.82. The number of hydrogen-bond donors (Lipinski definition) is 1. The summed E-state index contributed by atoms with van der Waals surface area (Å²) < 4.78 is 28.8. The molecule has 180 valence electrons. The van der Waals surface area contributed by atoms with Crippen LogP contribution in [0.15, 0.2) is 65.7 Å². The molecule has 0 atom stereocenters. The van der Waals surface area contributed by atoms with Crippen LogP contribution in [0, 0.1) is 18.3 Å². The Hall–Kier alpha value is -4.03. The van der Waals surface area contributed by atoms with E-state index in [-0.39, 0.29) is 39.2 Å². The first-order chi connectivity index (χ1) is 16.5. The van der Waals surface area contributed by atoms with Crippen molar-refractivity contribution in [2.75, 3.05) is 4.72 Å². The van der Waals surface area contributed by atoms with Crippen LogP contribution >= 0.6 is 0 Å². The number of aromatic nitrogens is 1. The highest BCUT2D eigenvalue weighted by molar-refractivity contribution is 7.92. The number of carbonyl (C=O) groups is 2. The lowest BCUT2D eigenvalue weighted by atomic mass is 9.87. The van der Waals surface area contributed by atoms with Crippen molar-refractivity contribution in [2.24, 2.45) is 0 Å². The first-order valence-electron chi connectivity index (χ1n) is 10.8. The van der Waals surface area contributed by atoms with Crippen LogP contribution in [-0.4, -0.2) is 30.6 Å². The molecule has 1 N–H and O–H groups in total. The van der Waals surface area contributed by atoms with Crippen LogP contribution < -0.4 is 4.72 Å². The molecule has 1 aromatic heterocycles. The van der Waals surface area contributed by atoms with Crippen molar-refractivity contribution in [2.45, 2.75) is 44.6 Å². The highest BCUT2D eigenvalue weighted by Gasteiger charge is 2.26. The van der Waals surface area contributed by atoms with Gasteiger partial charge in [-0.15, -0.1) is 0 Å². The van der Waals surface area contributed by atoms with Gasteiger partial charge in [-0.2, -0.15) is 5.26 Å². The lowest BCUT2D eigenvalue weighted by Gasteiger charge is -2.21. The van der Waals surface area contributed by atoms with Gasteiger partial charge < -0.3 is 0 Å². The first kappa shape index (κ1) is 25.6. The predicted octanol–water partition coefficient (Wildman–Crippen LogP) is 4.16. The van der Waals surface area contributed by atoms with Crippen LogP contribution in [0.3, 0.4) is 0 Å². The summed E-state index contributed by atoms with van der Waals surface area (Å²) in [6.07, 6.45) is 1.90. The van der Waals surface area contributed by atoms with Gasteiger partial charge in [0.2, 0.25) is 6.41 Å². The monoisotopic (exact) mass is 490 g/mol. The maximum Gasteiger partial charge on any atom is 0.263 e. The van der Waals surface area contributed by atoms with E-state index in [1.165, 1.54) is 37.4 Å². The number of nitriles is 1. The normalized spacial score (nSPS) is 11.4. The zero-order chi connectivity index (χ0) is 25.8. The largest absolute Gasteiger partial charge is 0.279 e. The summed E-state index contributed by atoms with van der Waals surface area (Å²) in [5.41, 5.74) is 1.64. The number of nitrogens with zero attached hydrogens (tertiary/aromatic N) is 3. The van der Waals surface area contributed by atoms with Gasteiger partial charge in [0.05, 0.1) is 40.0 Å². The lowest BCUT2D eigenvalue weighted by molar-refractivity contribution is -0.116. The maximum absolute atomic E-state index is 13.4. The van der Waals surface area contributed by atoms with E-state index in [0.717, 1.165) is 10.5 Å². The minimum absolute atomic E-state index is 0.0200. The molecule has 2 aromatic carbocycles. The smallest absolute Gasteiger partial charge is 0.263 e. The SMILES string of the molecule is Cc1c(C#N)ccc(NS(=O)(=O)c2ccc(C(C)(C)C)cc2)c1C(=O)N(C=O)Cc1ccccn1. The Morgan fingerprint density at radius 3 is 2.34 bits per heavy atom. The molecule has 2 amide bonds. The number of hydrogen-bond acceptors (Lipinski definition) is 6. The van der Waals surface area contributed by atoms with Gasteiger partial charge in [-0.25, -0.2) is 8.42 Å². The molecule has 0 radical (unpaired) electrons. The van der Waals surface area contributed by atoms with Gasteiger partial charge in [-0.1, -0.05) is 39.0 Å². The second-order valence-electron chi connectivity index (χ2n) is 9.01. The Morgan fingerprint density at radius 1 is 1.11 bits per heavy atom. The van der Waals surface area contributed by atoms with Crippen LogP contribution in [0.5, 0.6) is 0 Å². The fraction of sp³-hybridized carbons (Fsp3) is 0.231. The summed E-state index contributed by atoms with van der Waals surface area (Å²) in [6.45, 7) is 7.49. The Bertz CT molecular complexity index is 1390. The van der Waals surface area contributed by atoms with E-state index in [9.17, 15) is 23.3 Å². The van der Waals surface area contributed by atoms with Crippen molar-refractivity contribution in [1.82, 2.24) is 9.88 Å². The molecule has 35 heavy (non-hydrogen) atoms. The first-order valence-corrected chi connectivity index (χ1v) is 12.3. The molecular weight excluding hydrogens is 464 g/mol. The average molecular weight is 491 g/mol. The van der Waals surface area contributed by atoms with E-state index in [1.807, 2.05) is 26.8 Å². The molecule has 0 aliphatic heterocycles. The lowest BCUT2D eigenvalue weighted by Crippen LogP contribution is -2.31. The van der Waals surface area contributed by atoms with Gasteiger partial charge in [0, 0.05) is 6.20 Å². The van der Waals surface area contributed by atoms with Crippen LogP contribution in [0.25, 0.3) is 0 Å². The molecule has 3 aromatic rings. The number of pyridine rings is 1. The van der Waals surface area contributed by atoms with E-state index < -0.39 is 15.9 Å². The minimum atomic E-state index is -4.06. The third-order valence-electron chi connectivity index (χ3n) is 5.52. The van der Waals surface area contributed by atoms with Crippen molar-refractivity contribution >= 4 is 28.0 Å². The zero-order valence-electron chi connectivity index (χ0n) is 19.9. The summed E-state index contributed by atoms with van der Waals surface area (Å²) in [4.78, 5) is 30.2. The second kappa shape index (κ2) is 10.1. The zero-order valence-corrected chi connectivity index (χ0v) is 20.8. The number of sulfonamides is 1. The summed E-state index contributed by atoms with van der Waals surface area (Å²) in [7, 11) is -4.06. The van der Waals surface area contributed by atoms with E-state index in [0.29, 0.717) is 12.1 Å². The number of benzene rings is 2. The number of anilines is 1. The number of imide groups is 1. The maximum atomic E-state index is 13.4. The van der Waals surface area contributed by atoms with Crippen LogP contribution in [0.1, 0.15) is 53.5 Å². The Balaban J connectivity index is 2.02. The van der Waals surface area contributed by atoms with E-state index in [4.69, 9.17) is 0 Å². The number of carbonyl (C=O) groups excluding carboxylic acids is 2. The van der Waals surface area contributed by atoms with E-state index in [1.54, 1.807) is 30.3 Å². The van der Waals surface area contributed by atoms with Gasteiger partial charge in [0.15, 0.2) is 0 Å². The van der Waals surface area contributed by atoms with Crippen molar-refractivity contribution < 1.29 is 18.0 Å². The molecule has 0 bridgehead atoms. The van der Waals surface area contributed by atoms with Gasteiger partial charge in [0.1, 0.15) is 0 Å². The Kier molecular flexibility index (Phi) is 7.37. The van der Waals surface area contributed by atoms with Gasteiger partial charge in [0.25, 0.3) is 15.9 Å². The summed E-state index contributed by atoms with van der Waals surface area (Å²) in [5.74, 6) is -0.749. The van der Waals surface area contributed by atoms with Crippen LogP contribution in [-0.2, 0) is 26.8 Å². The highest BCUT2D eigenvalue weighted by Crippen LogP contribution is 2.28. The molecule has 0 aliphatic carbocycles. The third-order valence-corrected chi connectivity index (χ3v) is 6.90. The fourth-order valence-corrected chi connectivity index (χ4v) is 4.57. The molecule has 9 heteroatoms. The summed E-state index contributed by atoms with van der Waals surface area (Å²) in [5, 5.41) is 9.46. The van der Waals surface area contributed by atoms with Gasteiger partial charge in [-0.3, -0.25) is 24.2 Å². The highest BCUT2D eigenvalue weighted by atomic mass is 32.2. The summed E-state index contributed by atoms with van der Waals surface area (Å²) >= 11 is 0. The standard InChI is InChI=1S/C26H26N4O4S/c1-18-19(15-27)8-13-23(24(18)25(32)30(17-31)16-21-7-5-6-14-28-21)29-35(33,34)22-11-9-20(10-12-22)26(2,3)4/h5-14,17,29H,16H2,1-4H3. The van der Waals surface area contributed by atoms with Crippen molar-refractivity contribution in [3.8, 4) is 6.07 Å². The summed E-state index contributed by atoms with van der Waals surface area (Å²) in [6, 6.07) is 16.3. The second-order valence-corrected chi connectivity index (χ2v) is 10.7. The van der Waals surface area contributed by atoms with E-state index >= 15 is 0 Å². The van der Waals surface area contributed by atoms with Crippen molar-refractivity contribution in [1.29, 1.82) is 5.26 Å². The quantitative estimate of drug-likeness (QED) is 0.497. The molecular formula is C26H26N4O4S. The van der Waals surface area contributed by atoms with Gasteiger partial charge in [-0.05, 0) is 59.9 Å². The molecule has 1 heterocycles. The molecule has 0 fully saturated rings. The van der Waals surface area contributed by atoms with Crippen molar-refractivity contribution in [3.63, 3.8) is 0 Å². The molecule has 0 spiro atoms. The molecule has 0 unspecified atom stereocenters. The molecule has 3 rings (SSSR count). The van der Waals surface area contributed by atoms with Gasteiger partial charge >= 0.3 is 0 Å². The molecule has 0 saturated heterocycles. The van der Waals surface area contributed by atoms with E-state index in [2.05, 4.69) is 9.71 Å². The topological polar surface area (TPSA) is 120 Å². The van der Waals surface area contributed by atoms with Crippen LogP contribution in [0.2, 0.25) is 0 Å². The molecule has 0 aliphatic rings. The van der Waals surface area contributed by atoms with Crippen LogP contribution in [0.4, 0.5) is 5.69 Å². The number of amides is 2. The van der Waals surface area contributed by atoms with Crippen molar-refractivity contribution in [3.05, 3.63) is 88.7 Å². The Morgan fingerprint density at radius 2 is 1.80 bits per heavy atom. The number of nitrogens with one attached hydrogen (secondary N) is 1. The minimum Gasteiger partial charge on any atom is -0.279 e. The Labute approximate surface area is 205 Å². The molecule has 8 nitrogen and oxygen atoms in total. The number of rotatable bonds is 7. The fourth-order valence-electron chi connectivity index (χ4n) is 3.50. The predicted molar refractivity (Wildman–Crippen MR) is 132 cm³/mol. The molecule has 0 saturated carbocycles. The third kappa shape index (κ3) is 5.73.